The van der Waals surface area contributed by atoms with Crippen LogP contribution in [-0.2, 0) is 0 Å². The van der Waals surface area contributed by atoms with Gasteiger partial charge in [-0.05, 0) is 89.2 Å². The van der Waals surface area contributed by atoms with Crippen molar-refractivity contribution in [2.24, 2.45) is 11.8 Å². The van der Waals surface area contributed by atoms with Crippen molar-refractivity contribution >= 4 is 11.8 Å². The Morgan fingerprint density at radius 1 is 1.12 bits per heavy atom. The highest BCUT2D eigenvalue weighted by Gasteiger charge is 2.19. The standard InChI is InChI=1S/C40H64N2S/c1-13-17-18-24-38(16-4)39(21-15-3)28-37-26-25-36(29-41(11)30-37)27-35(20-14-2)23-19-22-33(9)40(42(12)31(5)6)34(10)43-32(7)8/h16,18,20,24,27,30,32-33,39H,5,13-15,17,19,21-23,28-29H2,1-4,6-12H3. The van der Waals surface area contributed by atoms with Crippen molar-refractivity contribution in [3.63, 3.8) is 0 Å². The number of allylic oxidation sites excluding steroid dienone is 11. The van der Waals surface area contributed by atoms with Crippen molar-refractivity contribution in [1.29, 1.82) is 0 Å². The van der Waals surface area contributed by atoms with Crippen molar-refractivity contribution in [2.75, 3.05) is 20.6 Å². The van der Waals surface area contributed by atoms with E-state index < -0.39 is 0 Å². The van der Waals surface area contributed by atoms with E-state index in [0.29, 0.717) is 17.1 Å². The van der Waals surface area contributed by atoms with Crippen molar-refractivity contribution in [1.82, 2.24) is 9.80 Å². The monoisotopic (exact) mass is 604 g/mol. The van der Waals surface area contributed by atoms with Crippen LogP contribution in [0.15, 0.2) is 81.8 Å². The smallest absolute Gasteiger partial charge is 0.0500 e. The number of nitrogens with zero attached hydrogens (tertiary/aromatic N) is 2. The molecule has 0 spiro atoms. The molecule has 0 aromatic rings. The van der Waals surface area contributed by atoms with Crippen LogP contribution in [-0.4, -0.2) is 35.7 Å². The van der Waals surface area contributed by atoms with Crippen LogP contribution in [0, 0.1) is 23.7 Å². The van der Waals surface area contributed by atoms with Gasteiger partial charge in [-0.2, -0.15) is 0 Å². The van der Waals surface area contributed by atoms with Crippen LogP contribution < -0.4 is 0 Å². The minimum atomic E-state index is 0.481. The number of likely N-dealkylation sites (N-methyl/N-ethyl adjacent to an activating group) is 1. The van der Waals surface area contributed by atoms with Crippen molar-refractivity contribution in [2.45, 2.75) is 125 Å². The van der Waals surface area contributed by atoms with E-state index in [9.17, 15) is 0 Å². The Morgan fingerprint density at radius 3 is 2.42 bits per heavy atom. The Labute approximate surface area is 272 Å². The molecule has 0 aromatic carbocycles. The van der Waals surface area contributed by atoms with Crippen molar-refractivity contribution in [3.05, 3.63) is 81.8 Å². The summed E-state index contributed by atoms with van der Waals surface area (Å²) in [6.07, 6.45) is 24.2. The summed E-state index contributed by atoms with van der Waals surface area (Å²) in [5.74, 6) is 8.17. The fraction of sp³-hybridized carbons (Fsp3) is 0.600. The lowest BCUT2D eigenvalue weighted by molar-refractivity contribution is 0.416. The van der Waals surface area contributed by atoms with E-state index in [4.69, 9.17) is 0 Å². The molecule has 0 bridgehead atoms. The number of rotatable bonds is 19. The Kier molecular flexibility index (Phi) is 19.3. The van der Waals surface area contributed by atoms with Gasteiger partial charge in [-0.1, -0.05) is 103 Å². The van der Waals surface area contributed by atoms with E-state index in [-0.39, 0.29) is 0 Å². The van der Waals surface area contributed by atoms with Crippen LogP contribution in [0.3, 0.4) is 0 Å². The molecule has 2 atom stereocenters. The van der Waals surface area contributed by atoms with Crippen LogP contribution >= 0.6 is 11.8 Å². The Bertz CT molecular complexity index is 1110. The first kappa shape index (κ1) is 38.7. The van der Waals surface area contributed by atoms with Gasteiger partial charge in [0.25, 0.3) is 0 Å². The molecule has 0 amide bonds. The van der Waals surface area contributed by atoms with Crippen LogP contribution in [0.5, 0.6) is 0 Å². The predicted octanol–water partition coefficient (Wildman–Crippen LogP) is 11.8. The third-order valence-electron chi connectivity index (χ3n) is 7.96. The molecule has 2 unspecified atom stereocenters. The zero-order chi connectivity index (χ0) is 32.4. The molecule has 0 saturated carbocycles. The summed E-state index contributed by atoms with van der Waals surface area (Å²) in [6, 6.07) is 0. The maximum atomic E-state index is 4.23. The Morgan fingerprint density at radius 2 is 1.84 bits per heavy atom. The Balaban J connectivity index is 3.07. The lowest BCUT2D eigenvalue weighted by atomic mass is 9.87. The molecule has 0 radical (unpaired) electrons. The molecular weight excluding hydrogens is 541 g/mol. The van der Waals surface area contributed by atoms with Gasteiger partial charge in [-0.25, -0.2) is 0 Å². The molecule has 1 aliphatic heterocycles. The van der Waals surface area contributed by atoms with Crippen LogP contribution in [0.25, 0.3) is 0 Å². The van der Waals surface area contributed by atoms with Gasteiger partial charge in [0.15, 0.2) is 0 Å². The second kappa shape index (κ2) is 21.4. The topological polar surface area (TPSA) is 6.48 Å². The van der Waals surface area contributed by atoms with Gasteiger partial charge in [-0.15, -0.1) is 11.8 Å². The largest absolute Gasteiger partial charge is 0.375 e. The third kappa shape index (κ3) is 14.8. The fourth-order valence-electron chi connectivity index (χ4n) is 5.85. The summed E-state index contributed by atoms with van der Waals surface area (Å²) in [4.78, 5) is 6.03. The average Bonchev–Trinajstić information content (AvgIpc) is 3.10. The highest BCUT2D eigenvalue weighted by atomic mass is 32.2. The van der Waals surface area contributed by atoms with E-state index in [0.717, 1.165) is 50.8 Å². The summed E-state index contributed by atoms with van der Waals surface area (Å²) >= 11 is 1.97. The predicted molar refractivity (Wildman–Crippen MR) is 197 cm³/mol. The molecule has 0 fully saturated rings. The molecule has 0 aromatic heterocycles. The van der Waals surface area contributed by atoms with Gasteiger partial charge >= 0.3 is 0 Å². The first-order chi connectivity index (χ1) is 20.5. The zero-order valence-electron chi connectivity index (χ0n) is 29.8. The summed E-state index contributed by atoms with van der Waals surface area (Å²) in [6.45, 7) is 25.3. The fourth-order valence-corrected chi connectivity index (χ4v) is 7.02. The summed E-state index contributed by atoms with van der Waals surface area (Å²) < 4.78 is 0. The van der Waals surface area contributed by atoms with Crippen LogP contribution in [0.2, 0.25) is 0 Å². The molecule has 0 N–H and O–H groups in total. The van der Waals surface area contributed by atoms with Gasteiger partial charge in [0.05, 0.1) is 0 Å². The van der Waals surface area contributed by atoms with Crippen molar-refractivity contribution < 1.29 is 0 Å². The highest BCUT2D eigenvalue weighted by molar-refractivity contribution is 8.03. The highest BCUT2D eigenvalue weighted by Crippen LogP contribution is 2.33. The van der Waals surface area contributed by atoms with Crippen LogP contribution in [0.1, 0.15) is 120 Å². The average molecular weight is 605 g/mol. The van der Waals surface area contributed by atoms with E-state index in [1.54, 1.807) is 0 Å². The molecular formula is C40H64N2S. The molecule has 0 saturated heterocycles. The van der Waals surface area contributed by atoms with Gasteiger partial charge in [0.2, 0.25) is 0 Å². The van der Waals surface area contributed by atoms with E-state index >= 15 is 0 Å². The minimum absolute atomic E-state index is 0.481. The number of unbranched alkanes of at least 4 members (excludes halogenated alkanes) is 1. The maximum Gasteiger partial charge on any atom is 0.0500 e. The molecule has 1 aliphatic rings. The van der Waals surface area contributed by atoms with Crippen molar-refractivity contribution in [3.8, 4) is 11.8 Å². The molecule has 2 nitrogen and oxygen atoms in total. The van der Waals surface area contributed by atoms with Crippen LogP contribution in [0.4, 0.5) is 0 Å². The first-order valence-electron chi connectivity index (χ1n) is 16.9. The van der Waals surface area contributed by atoms with E-state index in [1.807, 2.05) is 11.8 Å². The summed E-state index contributed by atoms with van der Waals surface area (Å²) in [5.41, 5.74) is 7.86. The Hall–Kier alpha value is -2.31. The molecule has 3 heteroatoms. The lowest BCUT2D eigenvalue weighted by Gasteiger charge is -2.30. The SMILES string of the molecule is C=C(C)N(C)C(=C(C)SC(C)C)C(C)CCCC(C=C1C#CC(CC(CCC)C(C=CCCC)=CC)=CN(C)C1)=CCC. The number of thioether (sulfide) groups is 1. The van der Waals surface area contributed by atoms with Gasteiger partial charge in [-0.3, -0.25) is 0 Å². The second-order valence-corrected chi connectivity index (χ2v) is 14.3. The molecule has 43 heavy (non-hydrogen) atoms. The zero-order valence-corrected chi connectivity index (χ0v) is 30.6. The van der Waals surface area contributed by atoms with Gasteiger partial charge in [0.1, 0.15) is 0 Å². The van der Waals surface area contributed by atoms with E-state index in [1.165, 1.54) is 52.2 Å². The number of hydrogen-bond donors (Lipinski definition) is 0. The minimum Gasteiger partial charge on any atom is -0.375 e. The normalized spacial score (nSPS) is 17.4. The molecule has 0 aliphatic carbocycles. The third-order valence-corrected chi connectivity index (χ3v) is 8.99. The first-order valence-corrected chi connectivity index (χ1v) is 17.8. The van der Waals surface area contributed by atoms with Gasteiger partial charge < -0.3 is 9.80 Å². The molecule has 1 heterocycles. The summed E-state index contributed by atoms with van der Waals surface area (Å²) in [7, 11) is 4.35. The molecule has 1 rings (SSSR count). The molecule has 240 valence electrons. The van der Waals surface area contributed by atoms with Gasteiger partial charge in [0, 0.05) is 59.5 Å². The second-order valence-electron chi connectivity index (χ2n) is 12.5. The number of hydrogen-bond acceptors (Lipinski definition) is 3. The van der Waals surface area contributed by atoms with E-state index in [2.05, 4.69) is 141 Å². The lowest BCUT2D eigenvalue weighted by Crippen LogP contribution is -2.21. The maximum absolute atomic E-state index is 4.23. The quantitative estimate of drug-likeness (QED) is 0.107. The summed E-state index contributed by atoms with van der Waals surface area (Å²) in [5, 5.41) is 0.575.